The van der Waals surface area contributed by atoms with Crippen molar-refractivity contribution in [2.45, 2.75) is 13.2 Å². The molecule has 0 aliphatic heterocycles. The summed E-state index contributed by atoms with van der Waals surface area (Å²) < 4.78 is 10.7. The number of benzene rings is 2. The number of carboxylic acid groups (broad SMARTS) is 1. The molecule has 4 nitrogen and oxygen atoms in total. The van der Waals surface area contributed by atoms with Crippen LogP contribution < -0.4 is 4.74 Å². The quantitative estimate of drug-likeness (QED) is 0.877. The SMILES string of the molecule is COCc1cccc(OCc2ccc(C(=O)O)cc2)c1. The van der Waals surface area contributed by atoms with Crippen molar-refractivity contribution >= 4 is 5.97 Å². The molecule has 0 saturated heterocycles. The van der Waals surface area contributed by atoms with Gasteiger partial charge in [-0.05, 0) is 35.4 Å². The lowest BCUT2D eigenvalue weighted by molar-refractivity contribution is 0.0697. The smallest absolute Gasteiger partial charge is 0.335 e. The predicted octanol–water partition coefficient (Wildman–Crippen LogP) is 3.11. The Bertz CT molecular complexity index is 575. The van der Waals surface area contributed by atoms with E-state index in [4.69, 9.17) is 14.6 Å². The van der Waals surface area contributed by atoms with E-state index in [-0.39, 0.29) is 5.56 Å². The molecule has 0 aromatic heterocycles. The number of carboxylic acids is 1. The third-order valence-corrected chi connectivity index (χ3v) is 2.82. The van der Waals surface area contributed by atoms with Gasteiger partial charge in [-0.3, -0.25) is 0 Å². The summed E-state index contributed by atoms with van der Waals surface area (Å²) in [6.07, 6.45) is 0. The van der Waals surface area contributed by atoms with E-state index in [1.807, 2.05) is 24.3 Å². The van der Waals surface area contributed by atoms with E-state index in [9.17, 15) is 4.79 Å². The standard InChI is InChI=1S/C16H16O4/c1-19-10-13-3-2-4-15(9-13)20-11-12-5-7-14(8-6-12)16(17)18/h2-9H,10-11H2,1H3,(H,17,18). The van der Waals surface area contributed by atoms with Crippen molar-refractivity contribution in [3.8, 4) is 5.75 Å². The third kappa shape index (κ3) is 3.83. The van der Waals surface area contributed by atoms with Gasteiger partial charge < -0.3 is 14.6 Å². The van der Waals surface area contributed by atoms with Crippen molar-refractivity contribution in [2.24, 2.45) is 0 Å². The first-order valence-corrected chi connectivity index (χ1v) is 6.22. The number of rotatable bonds is 6. The largest absolute Gasteiger partial charge is 0.489 e. The zero-order valence-electron chi connectivity index (χ0n) is 11.2. The van der Waals surface area contributed by atoms with Crippen LogP contribution in [0.1, 0.15) is 21.5 Å². The van der Waals surface area contributed by atoms with E-state index in [1.54, 1.807) is 31.4 Å². The molecule has 0 unspecified atom stereocenters. The van der Waals surface area contributed by atoms with Gasteiger partial charge in [-0.1, -0.05) is 24.3 Å². The fourth-order valence-electron chi connectivity index (χ4n) is 1.80. The van der Waals surface area contributed by atoms with Gasteiger partial charge in [0.05, 0.1) is 12.2 Å². The van der Waals surface area contributed by atoms with Gasteiger partial charge in [0.2, 0.25) is 0 Å². The summed E-state index contributed by atoms with van der Waals surface area (Å²) in [6.45, 7) is 0.945. The molecule has 0 radical (unpaired) electrons. The van der Waals surface area contributed by atoms with Crippen molar-refractivity contribution in [3.05, 3.63) is 65.2 Å². The van der Waals surface area contributed by atoms with Gasteiger partial charge in [-0.2, -0.15) is 0 Å². The molecule has 2 aromatic rings. The number of carbonyl (C=O) groups is 1. The number of methoxy groups -OCH3 is 1. The molecule has 104 valence electrons. The summed E-state index contributed by atoms with van der Waals surface area (Å²) in [5.74, 6) is -0.161. The van der Waals surface area contributed by atoms with Gasteiger partial charge >= 0.3 is 5.97 Å². The van der Waals surface area contributed by atoms with E-state index in [1.165, 1.54) is 0 Å². The summed E-state index contributed by atoms with van der Waals surface area (Å²) in [5.41, 5.74) is 2.24. The van der Waals surface area contributed by atoms with E-state index in [0.29, 0.717) is 13.2 Å². The topological polar surface area (TPSA) is 55.8 Å². The zero-order chi connectivity index (χ0) is 14.4. The Morgan fingerprint density at radius 1 is 1.05 bits per heavy atom. The molecule has 0 aliphatic carbocycles. The monoisotopic (exact) mass is 272 g/mol. The number of ether oxygens (including phenoxy) is 2. The van der Waals surface area contributed by atoms with Crippen molar-refractivity contribution < 1.29 is 19.4 Å². The molecular weight excluding hydrogens is 256 g/mol. The molecule has 0 atom stereocenters. The maximum absolute atomic E-state index is 10.7. The van der Waals surface area contributed by atoms with Gasteiger partial charge in [0.1, 0.15) is 12.4 Å². The second-order valence-corrected chi connectivity index (χ2v) is 4.37. The predicted molar refractivity (Wildman–Crippen MR) is 74.9 cm³/mol. The molecule has 0 amide bonds. The lowest BCUT2D eigenvalue weighted by Gasteiger charge is -2.08. The maximum atomic E-state index is 10.7. The normalized spacial score (nSPS) is 10.2. The van der Waals surface area contributed by atoms with Gasteiger partial charge in [-0.15, -0.1) is 0 Å². The fraction of sp³-hybridized carbons (Fsp3) is 0.188. The molecule has 2 rings (SSSR count). The summed E-state index contributed by atoms with van der Waals surface area (Å²) in [7, 11) is 1.65. The summed E-state index contributed by atoms with van der Waals surface area (Å²) in [6, 6.07) is 14.3. The molecule has 0 heterocycles. The first kappa shape index (κ1) is 14.1. The van der Waals surface area contributed by atoms with Crippen LogP contribution in [0.5, 0.6) is 5.75 Å². The minimum absolute atomic E-state index is 0.274. The Morgan fingerprint density at radius 2 is 1.80 bits per heavy atom. The van der Waals surface area contributed by atoms with Gasteiger partial charge in [0.25, 0.3) is 0 Å². The maximum Gasteiger partial charge on any atom is 0.335 e. The van der Waals surface area contributed by atoms with Gasteiger partial charge in [-0.25, -0.2) is 4.79 Å². The molecular formula is C16H16O4. The van der Waals surface area contributed by atoms with Crippen molar-refractivity contribution in [3.63, 3.8) is 0 Å². The van der Waals surface area contributed by atoms with Crippen LogP contribution >= 0.6 is 0 Å². The van der Waals surface area contributed by atoms with Crippen LogP contribution in [-0.4, -0.2) is 18.2 Å². The average molecular weight is 272 g/mol. The molecule has 0 bridgehead atoms. The Hall–Kier alpha value is -2.33. The first-order chi connectivity index (χ1) is 9.69. The van der Waals surface area contributed by atoms with Gasteiger partial charge in [0, 0.05) is 7.11 Å². The summed E-state index contributed by atoms with van der Waals surface area (Å²) in [5, 5.41) is 8.82. The first-order valence-electron chi connectivity index (χ1n) is 6.22. The third-order valence-electron chi connectivity index (χ3n) is 2.82. The summed E-state index contributed by atoms with van der Waals surface area (Å²) in [4.78, 5) is 10.7. The lowest BCUT2D eigenvalue weighted by atomic mass is 10.1. The fourth-order valence-corrected chi connectivity index (χ4v) is 1.80. The molecule has 4 heteroatoms. The number of aromatic carboxylic acids is 1. The highest BCUT2D eigenvalue weighted by molar-refractivity contribution is 5.87. The highest BCUT2D eigenvalue weighted by Gasteiger charge is 2.02. The Balaban J connectivity index is 1.97. The molecule has 2 aromatic carbocycles. The molecule has 0 saturated carbocycles. The molecule has 20 heavy (non-hydrogen) atoms. The highest BCUT2D eigenvalue weighted by atomic mass is 16.5. The van der Waals surface area contributed by atoms with Crippen LogP contribution in [0.3, 0.4) is 0 Å². The Labute approximate surface area is 117 Å². The van der Waals surface area contributed by atoms with E-state index in [2.05, 4.69) is 0 Å². The Kier molecular flexibility index (Phi) is 4.74. The second-order valence-electron chi connectivity index (χ2n) is 4.37. The van der Waals surface area contributed by atoms with Crippen molar-refractivity contribution in [1.82, 2.24) is 0 Å². The van der Waals surface area contributed by atoms with E-state index in [0.717, 1.165) is 16.9 Å². The second kappa shape index (κ2) is 6.73. The van der Waals surface area contributed by atoms with Crippen LogP contribution in [0.25, 0.3) is 0 Å². The van der Waals surface area contributed by atoms with Crippen LogP contribution in [-0.2, 0) is 18.0 Å². The minimum atomic E-state index is -0.926. The number of hydrogen-bond donors (Lipinski definition) is 1. The molecule has 1 N–H and O–H groups in total. The molecule has 0 spiro atoms. The van der Waals surface area contributed by atoms with Crippen molar-refractivity contribution in [2.75, 3.05) is 7.11 Å². The lowest BCUT2D eigenvalue weighted by Crippen LogP contribution is -1.99. The average Bonchev–Trinajstić information content (AvgIpc) is 2.46. The minimum Gasteiger partial charge on any atom is -0.489 e. The Morgan fingerprint density at radius 3 is 2.45 bits per heavy atom. The van der Waals surface area contributed by atoms with Crippen LogP contribution in [0.2, 0.25) is 0 Å². The van der Waals surface area contributed by atoms with Crippen LogP contribution in [0.15, 0.2) is 48.5 Å². The number of hydrogen-bond acceptors (Lipinski definition) is 3. The van der Waals surface area contributed by atoms with Gasteiger partial charge in [0.15, 0.2) is 0 Å². The molecule has 0 fully saturated rings. The van der Waals surface area contributed by atoms with E-state index >= 15 is 0 Å². The van der Waals surface area contributed by atoms with Crippen LogP contribution in [0.4, 0.5) is 0 Å². The van der Waals surface area contributed by atoms with E-state index < -0.39 is 5.97 Å². The summed E-state index contributed by atoms with van der Waals surface area (Å²) >= 11 is 0. The highest BCUT2D eigenvalue weighted by Crippen LogP contribution is 2.16. The van der Waals surface area contributed by atoms with Crippen LogP contribution in [0, 0.1) is 0 Å². The van der Waals surface area contributed by atoms with Crippen molar-refractivity contribution in [1.29, 1.82) is 0 Å². The molecule has 0 aliphatic rings. The zero-order valence-corrected chi connectivity index (χ0v) is 11.2.